The van der Waals surface area contributed by atoms with Gasteiger partial charge >= 0.3 is 5.97 Å². The number of piperidine rings is 1. The summed E-state index contributed by atoms with van der Waals surface area (Å²) in [6.45, 7) is 5.97. The van der Waals surface area contributed by atoms with Crippen LogP contribution in [0.5, 0.6) is 0 Å². The summed E-state index contributed by atoms with van der Waals surface area (Å²) >= 11 is 0. The number of nitrogens with zero attached hydrogens (tertiary/aromatic N) is 2. The maximum Gasteiger partial charge on any atom is 0.317 e. The smallest absolute Gasteiger partial charge is 0.317 e. The molecule has 1 saturated carbocycles. The third-order valence-electron chi connectivity index (χ3n) is 6.22. The summed E-state index contributed by atoms with van der Waals surface area (Å²) < 4.78 is 0. The van der Waals surface area contributed by atoms with Gasteiger partial charge < -0.3 is 10.0 Å². The van der Waals surface area contributed by atoms with Crippen LogP contribution in [-0.2, 0) is 9.59 Å². The summed E-state index contributed by atoms with van der Waals surface area (Å²) in [7, 11) is 1.87. The van der Waals surface area contributed by atoms with E-state index >= 15 is 0 Å². The normalized spacial score (nSPS) is 20.9. The van der Waals surface area contributed by atoms with Gasteiger partial charge in [0.2, 0.25) is 5.91 Å². The van der Waals surface area contributed by atoms with Crippen molar-refractivity contribution in [2.45, 2.75) is 71.3 Å². The molecule has 0 spiro atoms. The Morgan fingerprint density at radius 2 is 1.65 bits per heavy atom. The average molecular weight is 389 g/mol. The van der Waals surface area contributed by atoms with Crippen LogP contribution >= 0.6 is 12.4 Å². The molecule has 2 fully saturated rings. The molecule has 1 aliphatic heterocycles. The zero-order valence-electron chi connectivity index (χ0n) is 16.7. The van der Waals surface area contributed by atoms with Crippen molar-refractivity contribution in [1.82, 2.24) is 9.80 Å². The molecule has 0 aromatic heterocycles. The number of likely N-dealkylation sites (N-methyl/N-ethyl adjacent to an activating group) is 1. The van der Waals surface area contributed by atoms with Gasteiger partial charge in [-0.25, -0.2) is 0 Å². The number of amides is 1. The molecule has 1 atom stereocenters. The van der Waals surface area contributed by atoms with Crippen molar-refractivity contribution in [2.75, 3.05) is 26.7 Å². The van der Waals surface area contributed by atoms with Gasteiger partial charge in [0.05, 0.1) is 6.54 Å². The Morgan fingerprint density at radius 1 is 1.08 bits per heavy atom. The van der Waals surface area contributed by atoms with Crippen LogP contribution in [0.4, 0.5) is 0 Å². The lowest BCUT2D eigenvalue weighted by atomic mass is 9.78. The van der Waals surface area contributed by atoms with Crippen molar-refractivity contribution in [3.63, 3.8) is 0 Å². The molecule has 1 unspecified atom stereocenters. The van der Waals surface area contributed by atoms with Crippen molar-refractivity contribution < 1.29 is 14.7 Å². The van der Waals surface area contributed by atoms with E-state index in [-0.39, 0.29) is 30.9 Å². The summed E-state index contributed by atoms with van der Waals surface area (Å²) in [6, 6.07) is 0.274. The number of halogens is 1. The van der Waals surface area contributed by atoms with Gasteiger partial charge in [-0.3, -0.25) is 14.5 Å². The van der Waals surface area contributed by atoms with Crippen LogP contribution in [0, 0.1) is 17.8 Å². The Bertz CT molecular complexity index is 444. The van der Waals surface area contributed by atoms with E-state index in [9.17, 15) is 9.59 Å². The third kappa shape index (κ3) is 6.73. The maximum atomic E-state index is 13.1. The Balaban J connectivity index is 0.00000338. The molecule has 26 heavy (non-hydrogen) atoms. The molecule has 6 heteroatoms. The van der Waals surface area contributed by atoms with E-state index in [0.717, 1.165) is 38.3 Å². The number of hydrogen-bond donors (Lipinski definition) is 1. The predicted octanol–water partition coefficient (Wildman–Crippen LogP) is 3.66. The summed E-state index contributed by atoms with van der Waals surface area (Å²) in [5, 5.41) is 8.94. The fourth-order valence-electron chi connectivity index (χ4n) is 4.54. The molecule has 1 amide bonds. The molecule has 5 nitrogen and oxygen atoms in total. The predicted molar refractivity (Wildman–Crippen MR) is 107 cm³/mol. The highest BCUT2D eigenvalue weighted by atomic mass is 35.5. The number of rotatable bonds is 7. The fraction of sp³-hybridized carbons (Fsp3) is 0.900. The third-order valence-corrected chi connectivity index (χ3v) is 6.22. The molecule has 1 saturated heterocycles. The van der Waals surface area contributed by atoms with Gasteiger partial charge in [0, 0.05) is 25.0 Å². The average Bonchev–Trinajstić information content (AvgIpc) is 2.59. The largest absolute Gasteiger partial charge is 0.480 e. The van der Waals surface area contributed by atoms with Crippen molar-refractivity contribution >= 4 is 24.3 Å². The zero-order chi connectivity index (χ0) is 18.4. The first-order chi connectivity index (χ1) is 11.9. The molecule has 0 radical (unpaired) electrons. The molecule has 1 aliphatic carbocycles. The van der Waals surface area contributed by atoms with Crippen molar-refractivity contribution in [1.29, 1.82) is 0 Å². The maximum absolute atomic E-state index is 13.1. The zero-order valence-corrected chi connectivity index (χ0v) is 17.5. The van der Waals surface area contributed by atoms with E-state index in [0.29, 0.717) is 11.8 Å². The number of hydrogen-bond acceptors (Lipinski definition) is 3. The Hall–Kier alpha value is -0.810. The minimum absolute atomic E-state index is 0. The van der Waals surface area contributed by atoms with Crippen LogP contribution in [0.1, 0.15) is 65.2 Å². The number of carboxylic acid groups (broad SMARTS) is 1. The first-order valence-corrected chi connectivity index (χ1v) is 10.1. The van der Waals surface area contributed by atoms with Crippen LogP contribution < -0.4 is 0 Å². The summed E-state index contributed by atoms with van der Waals surface area (Å²) in [5.41, 5.74) is 0. The lowest BCUT2D eigenvalue weighted by Crippen LogP contribution is -2.49. The molecule has 2 aliphatic rings. The second kappa shape index (κ2) is 11.1. The van der Waals surface area contributed by atoms with Gasteiger partial charge in [-0.05, 0) is 38.1 Å². The van der Waals surface area contributed by atoms with Crippen LogP contribution in [0.2, 0.25) is 0 Å². The topological polar surface area (TPSA) is 60.9 Å². The molecule has 1 heterocycles. The van der Waals surface area contributed by atoms with Gasteiger partial charge in [0.1, 0.15) is 0 Å². The fourth-order valence-corrected chi connectivity index (χ4v) is 4.54. The molecule has 0 aromatic rings. The molecule has 152 valence electrons. The number of carbonyl (C=O) groups excluding carboxylic acids is 1. The standard InChI is InChI=1S/C20H36N2O3.ClH/c1-15(2)18(13-16-7-5-4-6-8-16)20(25)22-11-9-17(10-12-22)21(3)14-19(23)24;/h15-18H,4-14H2,1-3H3,(H,23,24);1H. The highest BCUT2D eigenvalue weighted by molar-refractivity contribution is 5.85. The molecule has 0 bridgehead atoms. The van der Waals surface area contributed by atoms with Crippen LogP contribution in [0.25, 0.3) is 0 Å². The molecule has 0 aromatic carbocycles. The lowest BCUT2D eigenvalue weighted by Gasteiger charge is -2.39. The summed E-state index contributed by atoms with van der Waals surface area (Å²) in [4.78, 5) is 27.9. The van der Waals surface area contributed by atoms with E-state index in [4.69, 9.17) is 5.11 Å². The summed E-state index contributed by atoms with van der Waals surface area (Å²) in [6.07, 6.45) is 9.39. The quantitative estimate of drug-likeness (QED) is 0.723. The highest BCUT2D eigenvalue weighted by Crippen LogP contribution is 2.33. The van der Waals surface area contributed by atoms with Gasteiger partial charge in [0.25, 0.3) is 0 Å². The lowest BCUT2D eigenvalue weighted by molar-refractivity contribution is -0.142. The van der Waals surface area contributed by atoms with Crippen LogP contribution in [0.15, 0.2) is 0 Å². The van der Waals surface area contributed by atoms with Gasteiger partial charge in [-0.2, -0.15) is 0 Å². The number of likely N-dealkylation sites (tertiary alicyclic amines) is 1. The van der Waals surface area contributed by atoms with E-state index in [2.05, 4.69) is 13.8 Å². The summed E-state index contributed by atoms with van der Waals surface area (Å²) in [5.74, 6) is 0.816. The van der Waals surface area contributed by atoms with E-state index in [1.165, 1.54) is 32.1 Å². The second-order valence-corrected chi connectivity index (χ2v) is 8.46. The SMILES string of the molecule is CC(C)C(CC1CCCCC1)C(=O)N1CCC(N(C)CC(=O)O)CC1.Cl. The number of aliphatic carboxylic acids is 1. The number of carbonyl (C=O) groups is 2. The second-order valence-electron chi connectivity index (χ2n) is 8.46. The monoisotopic (exact) mass is 388 g/mol. The van der Waals surface area contributed by atoms with Crippen molar-refractivity contribution in [3.8, 4) is 0 Å². The minimum Gasteiger partial charge on any atom is -0.480 e. The highest BCUT2D eigenvalue weighted by Gasteiger charge is 2.33. The van der Waals surface area contributed by atoms with Crippen molar-refractivity contribution in [3.05, 3.63) is 0 Å². The molecular formula is C20H37ClN2O3. The van der Waals surface area contributed by atoms with E-state index < -0.39 is 5.97 Å². The number of carboxylic acids is 1. The molecule has 2 rings (SSSR count). The Morgan fingerprint density at radius 3 is 2.15 bits per heavy atom. The first kappa shape index (κ1) is 23.2. The Labute approximate surface area is 164 Å². The van der Waals surface area contributed by atoms with Crippen LogP contribution in [-0.4, -0.2) is 59.5 Å². The van der Waals surface area contributed by atoms with E-state index in [1.54, 1.807) is 0 Å². The van der Waals surface area contributed by atoms with Crippen LogP contribution in [0.3, 0.4) is 0 Å². The first-order valence-electron chi connectivity index (χ1n) is 10.1. The Kier molecular flexibility index (Phi) is 9.94. The van der Waals surface area contributed by atoms with Gasteiger partial charge in [0.15, 0.2) is 0 Å². The minimum atomic E-state index is -0.784. The van der Waals surface area contributed by atoms with E-state index in [1.807, 2.05) is 16.8 Å². The molecule has 1 N–H and O–H groups in total. The molecular weight excluding hydrogens is 352 g/mol. The van der Waals surface area contributed by atoms with Gasteiger partial charge in [-0.1, -0.05) is 46.0 Å². The van der Waals surface area contributed by atoms with Crippen molar-refractivity contribution in [2.24, 2.45) is 17.8 Å². The van der Waals surface area contributed by atoms with Gasteiger partial charge in [-0.15, -0.1) is 12.4 Å².